The van der Waals surface area contributed by atoms with Gasteiger partial charge in [-0.1, -0.05) is 37.8 Å². The molecular formula is C12H22NO. The highest BCUT2D eigenvalue weighted by Gasteiger charge is 2.12. The zero-order valence-electron chi connectivity index (χ0n) is 9.30. The second-order valence-electron chi connectivity index (χ2n) is 4.10. The van der Waals surface area contributed by atoms with Crippen molar-refractivity contribution >= 4 is 6.21 Å². The first-order chi connectivity index (χ1) is 6.93. The molecule has 1 rings (SSSR count). The summed E-state index contributed by atoms with van der Waals surface area (Å²) in [5, 5.41) is 3.90. The summed E-state index contributed by atoms with van der Waals surface area (Å²) in [6.07, 6.45) is 13.2. The van der Waals surface area contributed by atoms with Crippen molar-refractivity contribution in [2.75, 3.05) is 6.61 Å². The number of nitrogens with zero attached hydrogens (tertiary/aromatic N) is 1. The fraction of sp³-hybridized carbons (Fsp3) is 0.917. The fourth-order valence-corrected chi connectivity index (χ4v) is 1.81. The van der Waals surface area contributed by atoms with E-state index in [1.165, 1.54) is 44.9 Å². The molecule has 0 unspecified atom stereocenters. The smallest absolute Gasteiger partial charge is 0.117 e. The molecule has 1 fully saturated rings. The van der Waals surface area contributed by atoms with Gasteiger partial charge in [-0.05, 0) is 25.7 Å². The average molecular weight is 196 g/mol. The van der Waals surface area contributed by atoms with Gasteiger partial charge >= 0.3 is 0 Å². The van der Waals surface area contributed by atoms with Gasteiger partial charge in [0.05, 0.1) is 0 Å². The second-order valence-corrected chi connectivity index (χ2v) is 4.10. The minimum Gasteiger partial charge on any atom is -0.396 e. The van der Waals surface area contributed by atoms with Crippen molar-refractivity contribution in [2.24, 2.45) is 11.1 Å². The van der Waals surface area contributed by atoms with E-state index in [9.17, 15) is 0 Å². The van der Waals surface area contributed by atoms with Gasteiger partial charge in [0.1, 0.15) is 12.8 Å². The number of rotatable bonds is 7. The topological polar surface area (TPSA) is 21.6 Å². The van der Waals surface area contributed by atoms with Crippen LogP contribution in [0.2, 0.25) is 0 Å². The lowest BCUT2D eigenvalue weighted by atomic mass is 10.1. The van der Waals surface area contributed by atoms with Gasteiger partial charge in [0.25, 0.3) is 0 Å². The van der Waals surface area contributed by atoms with Gasteiger partial charge in [-0.2, -0.15) is 0 Å². The van der Waals surface area contributed by atoms with Crippen LogP contribution in [0.1, 0.15) is 58.3 Å². The van der Waals surface area contributed by atoms with Crippen molar-refractivity contribution in [3.05, 3.63) is 0 Å². The molecule has 0 aromatic carbocycles. The van der Waals surface area contributed by atoms with Gasteiger partial charge in [0, 0.05) is 5.92 Å². The van der Waals surface area contributed by atoms with E-state index in [0.29, 0.717) is 5.92 Å². The molecule has 0 bridgehead atoms. The van der Waals surface area contributed by atoms with Gasteiger partial charge in [0.15, 0.2) is 0 Å². The molecule has 1 radical (unpaired) electrons. The first-order valence-corrected chi connectivity index (χ1v) is 6.01. The molecule has 0 atom stereocenters. The lowest BCUT2D eigenvalue weighted by Crippen LogP contribution is -1.95. The van der Waals surface area contributed by atoms with Gasteiger partial charge < -0.3 is 4.84 Å². The van der Waals surface area contributed by atoms with Crippen LogP contribution in [0.15, 0.2) is 5.16 Å². The lowest BCUT2D eigenvalue weighted by molar-refractivity contribution is 0.140. The van der Waals surface area contributed by atoms with E-state index in [1.807, 2.05) is 0 Å². The molecule has 1 saturated carbocycles. The normalized spacial score (nSPS) is 18.1. The molecule has 0 aliphatic heterocycles. The van der Waals surface area contributed by atoms with Crippen LogP contribution in [0.3, 0.4) is 0 Å². The van der Waals surface area contributed by atoms with Crippen molar-refractivity contribution < 1.29 is 4.84 Å². The Morgan fingerprint density at radius 2 is 2.00 bits per heavy atom. The molecule has 0 spiro atoms. The van der Waals surface area contributed by atoms with Crippen LogP contribution in [0.25, 0.3) is 0 Å². The van der Waals surface area contributed by atoms with Crippen molar-refractivity contribution in [3.8, 4) is 0 Å². The zero-order chi connectivity index (χ0) is 10.1. The van der Waals surface area contributed by atoms with Gasteiger partial charge in [-0.25, -0.2) is 0 Å². The van der Waals surface area contributed by atoms with Crippen molar-refractivity contribution in [1.29, 1.82) is 0 Å². The summed E-state index contributed by atoms with van der Waals surface area (Å²) in [7, 11) is 0. The largest absolute Gasteiger partial charge is 0.396 e. The molecule has 0 heterocycles. The molecule has 1 aliphatic rings. The third kappa shape index (κ3) is 5.25. The van der Waals surface area contributed by atoms with E-state index >= 15 is 0 Å². The molecule has 0 N–H and O–H groups in total. The molecule has 0 saturated heterocycles. The number of hydrogen-bond acceptors (Lipinski definition) is 2. The van der Waals surface area contributed by atoms with E-state index in [0.717, 1.165) is 13.0 Å². The molecule has 2 nitrogen and oxygen atoms in total. The van der Waals surface area contributed by atoms with Crippen molar-refractivity contribution in [3.63, 3.8) is 0 Å². The Morgan fingerprint density at radius 1 is 1.21 bits per heavy atom. The molecular weight excluding hydrogens is 174 g/mol. The average Bonchev–Trinajstić information content (AvgIpc) is 2.69. The van der Waals surface area contributed by atoms with Crippen LogP contribution in [-0.4, -0.2) is 12.8 Å². The maximum absolute atomic E-state index is 5.16. The Bertz CT molecular complexity index is 150. The first kappa shape index (κ1) is 11.5. The summed E-state index contributed by atoms with van der Waals surface area (Å²) in [6.45, 7) is 2.98. The molecule has 1 aliphatic carbocycles. The quantitative estimate of drug-likeness (QED) is 0.346. The molecule has 0 aromatic heterocycles. The van der Waals surface area contributed by atoms with Crippen LogP contribution < -0.4 is 0 Å². The van der Waals surface area contributed by atoms with E-state index < -0.39 is 0 Å². The highest BCUT2D eigenvalue weighted by molar-refractivity contribution is 5.60. The Hall–Kier alpha value is -0.530. The number of unbranched alkanes of at least 4 members (excludes halogenated alkanes) is 3. The van der Waals surface area contributed by atoms with Crippen LogP contribution >= 0.6 is 0 Å². The number of hydrogen-bond donors (Lipinski definition) is 0. The molecule has 0 amide bonds. The maximum atomic E-state index is 5.16. The van der Waals surface area contributed by atoms with Crippen LogP contribution in [0.5, 0.6) is 0 Å². The Labute approximate surface area is 87.7 Å². The highest BCUT2D eigenvalue weighted by Crippen LogP contribution is 2.22. The van der Waals surface area contributed by atoms with Gasteiger partial charge in [-0.15, -0.1) is 0 Å². The van der Waals surface area contributed by atoms with Crippen LogP contribution in [0.4, 0.5) is 0 Å². The maximum Gasteiger partial charge on any atom is 0.117 e. The molecule has 2 heteroatoms. The Kier molecular flexibility index (Phi) is 6.46. The summed E-state index contributed by atoms with van der Waals surface area (Å²) < 4.78 is 0. The van der Waals surface area contributed by atoms with E-state index in [4.69, 9.17) is 4.84 Å². The van der Waals surface area contributed by atoms with Gasteiger partial charge in [0.2, 0.25) is 0 Å². The third-order valence-electron chi connectivity index (χ3n) is 2.74. The summed E-state index contributed by atoms with van der Waals surface area (Å²) in [6, 6.07) is 0. The third-order valence-corrected chi connectivity index (χ3v) is 2.74. The lowest BCUT2D eigenvalue weighted by Gasteiger charge is -2.00. The van der Waals surface area contributed by atoms with Crippen LogP contribution in [0, 0.1) is 5.92 Å². The summed E-state index contributed by atoms with van der Waals surface area (Å²) in [5.74, 6) is 0.575. The summed E-state index contributed by atoms with van der Waals surface area (Å²) >= 11 is 0. The summed E-state index contributed by atoms with van der Waals surface area (Å²) in [4.78, 5) is 5.16. The fourth-order valence-electron chi connectivity index (χ4n) is 1.81. The summed E-state index contributed by atoms with van der Waals surface area (Å²) in [5.41, 5.74) is 0. The van der Waals surface area contributed by atoms with E-state index in [1.54, 1.807) is 0 Å². The SMILES string of the molecule is CCCCCCO/N=[C]/C1CCCC1. The standard InChI is InChI=1S/C12H22NO/c1-2-3-4-7-10-14-13-11-12-8-5-6-9-12/h12H,2-10H2,1H3. The molecule has 81 valence electrons. The Morgan fingerprint density at radius 3 is 2.71 bits per heavy atom. The Balaban J connectivity index is 1.87. The highest BCUT2D eigenvalue weighted by atomic mass is 16.6. The monoisotopic (exact) mass is 196 g/mol. The van der Waals surface area contributed by atoms with E-state index in [2.05, 4.69) is 18.3 Å². The van der Waals surface area contributed by atoms with Crippen LogP contribution in [-0.2, 0) is 4.84 Å². The molecule has 0 aromatic rings. The van der Waals surface area contributed by atoms with Gasteiger partial charge in [-0.3, -0.25) is 0 Å². The second kappa shape index (κ2) is 7.84. The van der Waals surface area contributed by atoms with Crippen molar-refractivity contribution in [2.45, 2.75) is 58.3 Å². The predicted molar refractivity (Wildman–Crippen MR) is 59.5 cm³/mol. The first-order valence-electron chi connectivity index (χ1n) is 6.01. The van der Waals surface area contributed by atoms with E-state index in [-0.39, 0.29) is 0 Å². The van der Waals surface area contributed by atoms with Crippen molar-refractivity contribution in [1.82, 2.24) is 0 Å². The predicted octanol–water partition coefficient (Wildman–Crippen LogP) is 3.64. The zero-order valence-corrected chi connectivity index (χ0v) is 9.30. The molecule has 14 heavy (non-hydrogen) atoms. The minimum absolute atomic E-state index is 0.575. The minimum atomic E-state index is 0.575.